The molecule has 0 bridgehead atoms. The van der Waals surface area contributed by atoms with Crippen LogP contribution in [0, 0.1) is 5.92 Å². The van der Waals surface area contributed by atoms with Crippen molar-refractivity contribution in [3.05, 3.63) is 0 Å². The quantitative estimate of drug-likeness (QED) is 0.0876. The molecule has 0 rings (SSSR count). The third-order valence-corrected chi connectivity index (χ3v) is 5.08. The Hall–Kier alpha value is -3.40. The smallest absolute Gasteiger partial charge is 0.326 e. The molecular weight excluding hydrogens is 498 g/mol. The molecule has 36 heavy (non-hydrogen) atoms. The fourth-order valence-corrected chi connectivity index (χ4v) is 2.99. The van der Waals surface area contributed by atoms with Gasteiger partial charge in [0.05, 0.1) is 18.9 Å². The van der Waals surface area contributed by atoms with Crippen molar-refractivity contribution in [1.29, 1.82) is 0 Å². The van der Waals surface area contributed by atoms with Crippen LogP contribution in [0.5, 0.6) is 0 Å². The van der Waals surface area contributed by atoms with E-state index in [1.165, 1.54) is 6.92 Å². The van der Waals surface area contributed by atoms with Gasteiger partial charge in [-0.05, 0) is 19.3 Å². The standard InChI is InChI=1S/C20H35N7O8S/c1-8(2)4-11(25-16(30)9(3)24-17(31)10(21)7-36)18(32)26-12(5-14(22)28)19(33)27-13(20(34)35)6-15(23)29/h8-13,36H,4-7,21H2,1-3H3,(H2,22,28)(H2,23,29)(H,24,31)(H,25,30)(H,26,32)(H,27,33)(H,34,35)/t9-,10-,11-,12-,13-/m0/s1. The van der Waals surface area contributed by atoms with E-state index in [1.807, 2.05) is 5.32 Å². The number of rotatable bonds is 16. The Bertz CT molecular complexity index is 854. The first-order chi connectivity index (χ1) is 16.6. The first kappa shape index (κ1) is 32.6. The van der Waals surface area contributed by atoms with Gasteiger partial charge in [0, 0.05) is 5.75 Å². The van der Waals surface area contributed by atoms with E-state index >= 15 is 0 Å². The predicted molar refractivity (Wildman–Crippen MR) is 130 cm³/mol. The first-order valence-electron chi connectivity index (χ1n) is 11.0. The highest BCUT2D eigenvalue weighted by Gasteiger charge is 2.32. The number of aliphatic carboxylic acids is 1. The van der Waals surface area contributed by atoms with Crippen LogP contribution in [0.25, 0.3) is 0 Å². The second-order valence-corrected chi connectivity index (χ2v) is 8.88. The number of carboxylic acids is 1. The molecule has 204 valence electrons. The number of amides is 6. The zero-order chi connectivity index (χ0) is 28.2. The SMILES string of the molecule is CC(C)C[C@H](NC(=O)[C@H](C)NC(=O)[C@@H](N)CS)C(=O)N[C@@H](CC(N)=O)C(=O)N[C@@H](CC(N)=O)C(=O)O. The summed E-state index contributed by atoms with van der Waals surface area (Å²) < 4.78 is 0. The number of hydrogen-bond acceptors (Lipinski definition) is 9. The molecule has 0 unspecified atom stereocenters. The molecule has 0 radical (unpaired) electrons. The fraction of sp³-hybridized carbons (Fsp3) is 0.650. The largest absolute Gasteiger partial charge is 0.480 e. The number of hydrogen-bond donors (Lipinski definition) is 9. The number of thiol groups is 1. The third kappa shape index (κ3) is 12.3. The highest BCUT2D eigenvalue weighted by Crippen LogP contribution is 2.07. The summed E-state index contributed by atoms with van der Waals surface area (Å²) >= 11 is 3.91. The van der Waals surface area contributed by atoms with Crippen molar-refractivity contribution >= 4 is 54.0 Å². The van der Waals surface area contributed by atoms with Crippen LogP contribution in [-0.2, 0) is 33.6 Å². The van der Waals surface area contributed by atoms with Gasteiger partial charge < -0.3 is 43.6 Å². The van der Waals surface area contributed by atoms with Crippen molar-refractivity contribution in [2.75, 3.05) is 5.75 Å². The maximum atomic E-state index is 12.9. The summed E-state index contributed by atoms with van der Waals surface area (Å²) in [7, 11) is 0. The average molecular weight is 534 g/mol. The number of nitrogens with one attached hydrogen (secondary N) is 4. The van der Waals surface area contributed by atoms with Gasteiger partial charge in [-0.1, -0.05) is 13.8 Å². The number of primary amides is 2. The molecule has 6 amide bonds. The van der Waals surface area contributed by atoms with Crippen LogP contribution in [0.2, 0.25) is 0 Å². The van der Waals surface area contributed by atoms with Crippen LogP contribution >= 0.6 is 12.6 Å². The van der Waals surface area contributed by atoms with Crippen molar-refractivity contribution in [2.45, 2.75) is 70.2 Å². The molecule has 0 fully saturated rings. The number of carboxylic acid groups (broad SMARTS) is 1. The predicted octanol–water partition coefficient (Wildman–Crippen LogP) is -3.92. The van der Waals surface area contributed by atoms with Gasteiger partial charge >= 0.3 is 5.97 Å². The summed E-state index contributed by atoms with van der Waals surface area (Å²) in [5.74, 6) is -6.95. The molecule has 16 heteroatoms. The van der Waals surface area contributed by atoms with Crippen LogP contribution in [0.4, 0.5) is 0 Å². The maximum Gasteiger partial charge on any atom is 0.326 e. The monoisotopic (exact) mass is 533 g/mol. The van der Waals surface area contributed by atoms with Crippen molar-refractivity contribution in [1.82, 2.24) is 21.3 Å². The van der Waals surface area contributed by atoms with E-state index in [1.54, 1.807) is 13.8 Å². The summed E-state index contributed by atoms with van der Waals surface area (Å²) in [6.45, 7) is 4.90. The molecular formula is C20H35N7O8S. The van der Waals surface area contributed by atoms with Gasteiger partial charge in [0.15, 0.2) is 0 Å². The highest BCUT2D eigenvalue weighted by molar-refractivity contribution is 7.80. The van der Waals surface area contributed by atoms with E-state index in [0.29, 0.717) is 0 Å². The van der Waals surface area contributed by atoms with Crippen LogP contribution < -0.4 is 38.5 Å². The lowest BCUT2D eigenvalue weighted by molar-refractivity contribution is -0.144. The van der Waals surface area contributed by atoms with E-state index in [0.717, 1.165) is 0 Å². The van der Waals surface area contributed by atoms with Gasteiger partial charge in [0.2, 0.25) is 35.4 Å². The molecule has 0 aromatic heterocycles. The van der Waals surface area contributed by atoms with Gasteiger partial charge in [0.1, 0.15) is 24.2 Å². The minimum atomic E-state index is -1.71. The molecule has 0 aliphatic heterocycles. The molecule has 15 nitrogen and oxygen atoms in total. The minimum absolute atomic E-state index is 0.0457. The van der Waals surface area contributed by atoms with Crippen LogP contribution in [-0.4, -0.2) is 82.5 Å². The molecule has 0 saturated heterocycles. The Kier molecular flexibility index (Phi) is 14.1. The van der Waals surface area contributed by atoms with Crippen LogP contribution in [0.15, 0.2) is 0 Å². The Morgan fingerprint density at radius 1 is 0.722 bits per heavy atom. The summed E-state index contributed by atoms with van der Waals surface area (Å²) in [6.07, 6.45) is -1.32. The lowest BCUT2D eigenvalue weighted by Gasteiger charge is -2.26. The van der Waals surface area contributed by atoms with Gasteiger partial charge in [-0.3, -0.25) is 28.8 Å². The second kappa shape index (κ2) is 15.6. The second-order valence-electron chi connectivity index (χ2n) is 8.51. The fourth-order valence-electron chi connectivity index (χ4n) is 2.82. The summed E-state index contributed by atoms with van der Waals surface area (Å²) in [6, 6.07) is -6.53. The van der Waals surface area contributed by atoms with Gasteiger partial charge in [-0.2, -0.15) is 12.6 Å². The van der Waals surface area contributed by atoms with E-state index in [-0.39, 0.29) is 18.1 Å². The number of carbonyl (C=O) groups is 7. The Morgan fingerprint density at radius 3 is 1.61 bits per heavy atom. The Balaban J connectivity index is 5.58. The average Bonchev–Trinajstić information content (AvgIpc) is 2.75. The molecule has 5 atom stereocenters. The Morgan fingerprint density at radius 2 is 1.17 bits per heavy atom. The van der Waals surface area contributed by atoms with E-state index in [4.69, 9.17) is 17.2 Å². The Labute approximate surface area is 213 Å². The maximum absolute atomic E-state index is 12.9. The lowest BCUT2D eigenvalue weighted by atomic mass is 10.0. The van der Waals surface area contributed by atoms with E-state index in [2.05, 4.69) is 28.6 Å². The molecule has 0 aliphatic rings. The van der Waals surface area contributed by atoms with Crippen LogP contribution in [0.3, 0.4) is 0 Å². The third-order valence-electron chi connectivity index (χ3n) is 4.68. The molecule has 0 aliphatic carbocycles. The molecule has 0 aromatic rings. The van der Waals surface area contributed by atoms with E-state index < -0.39 is 84.5 Å². The van der Waals surface area contributed by atoms with Crippen molar-refractivity contribution in [2.24, 2.45) is 23.1 Å². The first-order valence-corrected chi connectivity index (χ1v) is 11.6. The molecule has 0 saturated carbocycles. The van der Waals surface area contributed by atoms with Crippen molar-refractivity contribution in [3.63, 3.8) is 0 Å². The molecule has 0 heterocycles. The summed E-state index contributed by atoms with van der Waals surface area (Å²) in [5, 5.41) is 18.3. The molecule has 11 N–H and O–H groups in total. The zero-order valence-corrected chi connectivity index (χ0v) is 21.2. The summed E-state index contributed by atoms with van der Waals surface area (Å²) in [4.78, 5) is 83.9. The van der Waals surface area contributed by atoms with Crippen LogP contribution in [0.1, 0.15) is 40.0 Å². The highest BCUT2D eigenvalue weighted by atomic mass is 32.1. The van der Waals surface area contributed by atoms with Gasteiger partial charge in [-0.25, -0.2) is 4.79 Å². The van der Waals surface area contributed by atoms with Crippen molar-refractivity contribution in [3.8, 4) is 0 Å². The molecule has 0 aromatic carbocycles. The summed E-state index contributed by atoms with van der Waals surface area (Å²) in [5.41, 5.74) is 15.7. The van der Waals surface area contributed by atoms with Gasteiger partial charge in [-0.15, -0.1) is 0 Å². The lowest BCUT2D eigenvalue weighted by Crippen LogP contribution is -2.59. The van der Waals surface area contributed by atoms with Gasteiger partial charge in [0.25, 0.3) is 0 Å². The molecule has 0 spiro atoms. The number of carbonyl (C=O) groups excluding carboxylic acids is 6. The van der Waals surface area contributed by atoms with Crippen molar-refractivity contribution < 1.29 is 38.7 Å². The van der Waals surface area contributed by atoms with E-state index in [9.17, 15) is 38.7 Å². The normalized spacial score (nSPS) is 14.9. The number of nitrogens with two attached hydrogens (primary N) is 3. The minimum Gasteiger partial charge on any atom is -0.480 e. The topological polar surface area (TPSA) is 266 Å². The zero-order valence-electron chi connectivity index (χ0n) is 20.3.